The second-order valence-electron chi connectivity index (χ2n) is 4.63. The Labute approximate surface area is 105 Å². The van der Waals surface area contributed by atoms with Gasteiger partial charge in [0.2, 0.25) is 0 Å². The van der Waals surface area contributed by atoms with Gasteiger partial charge < -0.3 is 14.5 Å². The molecule has 96 valence electrons. The van der Waals surface area contributed by atoms with E-state index in [-0.39, 0.29) is 12.1 Å². The van der Waals surface area contributed by atoms with Gasteiger partial charge in [-0.15, -0.1) is 0 Å². The molecule has 1 N–H and O–H groups in total. The highest BCUT2D eigenvalue weighted by Crippen LogP contribution is 2.19. The van der Waals surface area contributed by atoms with E-state index in [0.717, 1.165) is 42.5 Å². The third-order valence-corrected chi connectivity index (χ3v) is 3.20. The van der Waals surface area contributed by atoms with Crippen LogP contribution < -0.4 is 0 Å². The molecule has 0 saturated carbocycles. The van der Waals surface area contributed by atoms with Crippen LogP contribution in [0.1, 0.15) is 25.0 Å². The number of benzene rings is 1. The Kier molecular flexibility index (Phi) is 3.30. The van der Waals surface area contributed by atoms with Gasteiger partial charge in [-0.05, 0) is 48.9 Å². The molecule has 1 atom stereocenters. The van der Waals surface area contributed by atoms with Crippen molar-refractivity contribution in [3.63, 3.8) is 0 Å². The van der Waals surface area contributed by atoms with Crippen molar-refractivity contribution in [2.24, 2.45) is 0 Å². The van der Waals surface area contributed by atoms with Crippen molar-refractivity contribution < 1.29 is 13.9 Å². The van der Waals surface area contributed by atoms with Crippen LogP contribution in [0.4, 0.5) is 4.39 Å². The summed E-state index contributed by atoms with van der Waals surface area (Å²) in [6.07, 6.45) is 3.13. The van der Waals surface area contributed by atoms with Crippen molar-refractivity contribution >= 4 is 10.9 Å². The molecule has 2 heterocycles. The largest absolute Gasteiger partial charge is 0.356 e. The average Bonchev–Trinajstić information content (AvgIpc) is 2.79. The number of halogens is 1. The van der Waals surface area contributed by atoms with Crippen LogP contribution in [0.25, 0.3) is 10.9 Å². The van der Waals surface area contributed by atoms with Gasteiger partial charge >= 0.3 is 0 Å². The molecular weight excluding hydrogens is 233 g/mol. The number of aromatic nitrogens is 1. The minimum absolute atomic E-state index is 0.0955. The summed E-state index contributed by atoms with van der Waals surface area (Å²) in [5.74, 6) is -0.229. The summed E-state index contributed by atoms with van der Waals surface area (Å²) in [5, 5.41) is 1.000. The Bertz CT molecular complexity index is 532. The number of aromatic amines is 1. The van der Waals surface area contributed by atoms with Gasteiger partial charge in [0.25, 0.3) is 0 Å². The molecule has 1 aromatic carbocycles. The van der Waals surface area contributed by atoms with Gasteiger partial charge in [0.05, 0.1) is 6.61 Å². The minimum atomic E-state index is -0.229. The first-order valence-corrected chi connectivity index (χ1v) is 6.31. The molecule has 1 aliphatic heterocycles. The SMILES string of the molecule is Fc1ccc2cc(COC3CCCCO3)[nH]c2c1. The molecule has 1 saturated heterocycles. The molecule has 0 amide bonds. The molecule has 0 spiro atoms. The molecule has 3 nitrogen and oxygen atoms in total. The van der Waals surface area contributed by atoms with Gasteiger partial charge in [-0.2, -0.15) is 0 Å². The van der Waals surface area contributed by atoms with Crippen LogP contribution in [0.2, 0.25) is 0 Å². The highest BCUT2D eigenvalue weighted by Gasteiger charge is 2.14. The van der Waals surface area contributed by atoms with E-state index in [1.165, 1.54) is 12.1 Å². The number of fused-ring (bicyclic) bond motifs is 1. The van der Waals surface area contributed by atoms with E-state index in [4.69, 9.17) is 9.47 Å². The Morgan fingerprint density at radius 1 is 1.33 bits per heavy atom. The molecule has 0 radical (unpaired) electrons. The predicted molar refractivity (Wildman–Crippen MR) is 66.6 cm³/mol. The molecular formula is C14H16FNO2. The van der Waals surface area contributed by atoms with E-state index < -0.39 is 0 Å². The maximum Gasteiger partial charge on any atom is 0.158 e. The van der Waals surface area contributed by atoms with Crippen LogP contribution >= 0.6 is 0 Å². The Balaban J connectivity index is 1.67. The van der Waals surface area contributed by atoms with Gasteiger partial charge in [-0.3, -0.25) is 0 Å². The van der Waals surface area contributed by atoms with E-state index >= 15 is 0 Å². The quantitative estimate of drug-likeness (QED) is 0.905. The first kappa shape index (κ1) is 11.7. The number of H-pyrrole nitrogens is 1. The zero-order valence-corrected chi connectivity index (χ0v) is 10.1. The predicted octanol–water partition coefficient (Wildman–Crippen LogP) is 3.35. The number of hydrogen-bond donors (Lipinski definition) is 1. The van der Waals surface area contributed by atoms with E-state index in [1.54, 1.807) is 6.07 Å². The monoisotopic (exact) mass is 249 g/mol. The van der Waals surface area contributed by atoms with Gasteiger partial charge in [-0.25, -0.2) is 4.39 Å². The fourth-order valence-corrected chi connectivity index (χ4v) is 2.26. The van der Waals surface area contributed by atoms with Crippen molar-refractivity contribution in [2.75, 3.05) is 6.61 Å². The first-order valence-electron chi connectivity index (χ1n) is 6.31. The molecule has 1 fully saturated rings. The van der Waals surface area contributed by atoms with E-state index in [1.807, 2.05) is 6.07 Å². The van der Waals surface area contributed by atoms with Crippen molar-refractivity contribution in [1.29, 1.82) is 0 Å². The van der Waals surface area contributed by atoms with Crippen LogP contribution in [-0.2, 0) is 16.1 Å². The lowest BCUT2D eigenvalue weighted by molar-refractivity contribution is -0.169. The fourth-order valence-electron chi connectivity index (χ4n) is 2.26. The standard InChI is InChI=1S/C14H16FNO2/c15-11-5-4-10-7-12(16-13(10)8-11)9-18-14-3-1-2-6-17-14/h4-5,7-8,14,16H,1-3,6,9H2. The van der Waals surface area contributed by atoms with E-state index in [0.29, 0.717) is 6.61 Å². The third kappa shape index (κ3) is 2.54. The highest BCUT2D eigenvalue weighted by atomic mass is 19.1. The normalized spacial score (nSPS) is 20.4. The molecule has 1 aliphatic rings. The molecule has 2 aromatic rings. The van der Waals surface area contributed by atoms with Crippen LogP contribution in [0, 0.1) is 5.82 Å². The molecule has 3 rings (SSSR count). The highest BCUT2D eigenvalue weighted by molar-refractivity contribution is 5.80. The Morgan fingerprint density at radius 3 is 3.11 bits per heavy atom. The Morgan fingerprint density at radius 2 is 2.28 bits per heavy atom. The first-order chi connectivity index (χ1) is 8.81. The average molecular weight is 249 g/mol. The van der Waals surface area contributed by atoms with Crippen molar-refractivity contribution in [1.82, 2.24) is 4.98 Å². The van der Waals surface area contributed by atoms with E-state index in [9.17, 15) is 4.39 Å². The number of ether oxygens (including phenoxy) is 2. The lowest BCUT2D eigenvalue weighted by atomic mass is 10.2. The number of rotatable bonds is 3. The van der Waals surface area contributed by atoms with Crippen LogP contribution in [-0.4, -0.2) is 17.9 Å². The molecule has 4 heteroatoms. The molecule has 0 bridgehead atoms. The summed E-state index contributed by atoms with van der Waals surface area (Å²) in [6, 6.07) is 6.71. The van der Waals surface area contributed by atoms with Crippen molar-refractivity contribution in [3.05, 3.63) is 35.8 Å². The smallest absolute Gasteiger partial charge is 0.158 e. The summed E-state index contributed by atoms with van der Waals surface area (Å²) in [4.78, 5) is 3.16. The van der Waals surface area contributed by atoms with Gasteiger partial charge in [-0.1, -0.05) is 0 Å². The summed E-state index contributed by atoms with van der Waals surface area (Å²) >= 11 is 0. The third-order valence-electron chi connectivity index (χ3n) is 3.20. The second-order valence-corrected chi connectivity index (χ2v) is 4.63. The van der Waals surface area contributed by atoms with Gasteiger partial charge in [0.1, 0.15) is 5.82 Å². The Hall–Kier alpha value is -1.39. The lowest BCUT2D eigenvalue weighted by Crippen LogP contribution is -2.22. The number of nitrogens with one attached hydrogen (secondary N) is 1. The maximum absolute atomic E-state index is 13.1. The van der Waals surface area contributed by atoms with Crippen LogP contribution in [0.5, 0.6) is 0 Å². The second kappa shape index (κ2) is 5.08. The zero-order valence-electron chi connectivity index (χ0n) is 10.1. The van der Waals surface area contributed by atoms with Crippen LogP contribution in [0.15, 0.2) is 24.3 Å². The lowest BCUT2D eigenvalue weighted by Gasteiger charge is -2.22. The van der Waals surface area contributed by atoms with Gasteiger partial charge in [0.15, 0.2) is 6.29 Å². The van der Waals surface area contributed by atoms with Crippen molar-refractivity contribution in [2.45, 2.75) is 32.2 Å². The molecule has 18 heavy (non-hydrogen) atoms. The number of hydrogen-bond acceptors (Lipinski definition) is 2. The molecule has 1 unspecified atom stereocenters. The topological polar surface area (TPSA) is 34.2 Å². The van der Waals surface area contributed by atoms with Crippen LogP contribution in [0.3, 0.4) is 0 Å². The minimum Gasteiger partial charge on any atom is -0.356 e. The zero-order chi connectivity index (χ0) is 12.4. The van der Waals surface area contributed by atoms with E-state index in [2.05, 4.69) is 4.98 Å². The summed E-state index contributed by atoms with van der Waals surface area (Å²) in [5.41, 5.74) is 1.75. The fraction of sp³-hybridized carbons (Fsp3) is 0.429. The van der Waals surface area contributed by atoms with Gasteiger partial charge in [0, 0.05) is 17.8 Å². The molecule has 1 aromatic heterocycles. The summed E-state index contributed by atoms with van der Waals surface area (Å²) < 4.78 is 24.2. The summed E-state index contributed by atoms with van der Waals surface area (Å²) in [7, 11) is 0. The maximum atomic E-state index is 13.1. The van der Waals surface area contributed by atoms with Crippen molar-refractivity contribution in [3.8, 4) is 0 Å². The summed E-state index contributed by atoms with van der Waals surface area (Å²) in [6.45, 7) is 1.25. The molecule has 0 aliphatic carbocycles.